The van der Waals surface area contributed by atoms with E-state index in [9.17, 15) is 14.9 Å². The number of amides is 1. The van der Waals surface area contributed by atoms with E-state index in [1.165, 1.54) is 18.2 Å². The van der Waals surface area contributed by atoms with Gasteiger partial charge < -0.3 is 0 Å². The Labute approximate surface area is 105 Å². The summed E-state index contributed by atoms with van der Waals surface area (Å²) in [6.07, 6.45) is 0. The first-order valence-corrected chi connectivity index (χ1v) is 5.51. The molecule has 0 saturated carbocycles. The Morgan fingerprint density at radius 1 is 1.39 bits per heavy atom. The van der Waals surface area contributed by atoms with Gasteiger partial charge in [0.2, 0.25) is 0 Å². The van der Waals surface area contributed by atoms with Crippen molar-refractivity contribution in [2.45, 2.75) is 20.8 Å². The zero-order valence-electron chi connectivity index (χ0n) is 10.5. The van der Waals surface area contributed by atoms with Crippen molar-refractivity contribution in [2.75, 3.05) is 0 Å². The number of carbonyl (C=O) groups is 1. The molecule has 0 aromatic heterocycles. The van der Waals surface area contributed by atoms with E-state index in [1.54, 1.807) is 13.0 Å². The van der Waals surface area contributed by atoms with Gasteiger partial charge in [0.05, 0.1) is 4.92 Å². The van der Waals surface area contributed by atoms with Crippen LogP contribution in [0.25, 0.3) is 0 Å². The Kier molecular flexibility index (Phi) is 4.53. The Bertz CT molecular complexity index is 495. The molecule has 0 fully saturated rings. The van der Waals surface area contributed by atoms with Crippen molar-refractivity contribution < 1.29 is 9.72 Å². The summed E-state index contributed by atoms with van der Waals surface area (Å²) in [6.45, 7) is 5.66. The number of hydrazone groups is 1. The molecular weight excluding hydrogens is 234 g/mol. The predicted molar refractivity (Wildman–Crippen MR) is 68.5 cm³/mol. The number of nitro benzene ring substituents is 1. The van der Waals surface area contributed by atoms with Gasteiger partial charge in [-0.15, -0.1) is 0 Å². The van der Waals surface area contributed by atoms with Gasteiger partial charge in [-0.25, -0.2) is 5.43 Å². The second kappa shape index (κ2) is 5.90. The molecule has 1 aromatic rings. The fraction of sp³-hybridized carbons (Fsp3) is 0.333. The highest BCUT2D eigenvalue weighted by Gasteiger charge is 2.18. The molecule has 1 amide bonds. The molecule has 0 aliphatic heterocycles. The lowest BCUT2D eigenvalue weighted by Crippen LogP contribution is -2.21. The number of benzene rings is 1. The minimum atomic E-state index is -0.589. The summed E-state index contributed by atoms with van der Waals surface area (Å²) in [5, 5.41) is 14.7. The maximum absolute atomic E-state index is 11.8. The van der Waals surface area contributed by atoms with Crippen LogP contribution in [0.1, 0.15) is 31.1 Å². The summed E-state index contributed by atoms with van der Waals surface area (Å²) in [5.74, 6) is -0.377. The zero-order valence-corrected chi connectivity index (χ0v) is 10.5. The van der Waals surface area contributed by atoms with Gasteiger partial charge in [0, 0.05) is 11.8 Å². The van der Waals surface area contributed by atoms with E-state index in [0.29, 0.717) is 0 Å². The van der Waals surface area contributed by atoms with Crippen LogP contribution in [0.4, 0.5) is 5.69 Å². The largest absolute Gasteiger partial charge is 0.282 e. The summed E-state index contributed by atoms with van der Waals surface area (Å²) < 4.78 is 0. The van der Waals surface area contributed by atoms with Crippen LogP contribution >= 0.6 is 0 Å². The van der Waals surface area contributed by atoms with Gasteiger partial charge in [0.1, 0.15) is 5.56 Å². The molecule has 1 aromatic carbocycles. The van der Waals surface area contributed by atoms with E-state index in [1.807, 2.05) is 13.8 Å². The van der Waals surface area contributed by atoms with Gasteiger partial charge >= 0.3 is 0 Å². The lowest BCUT2D eigenvalue weighted by molar-refractivity contribution is -0.385. The molecule has 0 spiro atoms. The Morgan fingerprint density at radius 3 is 2.56 bits per heavy atom. The van der Waals surface area contributed by atoms with Crippen molar-refractivity contribution in [3.8, 4) is 0 Å². The van der Waals surface area contributed by atoms with E-state index in [0.717, 1.165) is 5.71 Å². The van der Waals surface area contributed by atoms with Crippen LogP contribution in [-0.4, -0.2) is 16.5 Å². The second-order valence-electron chi connectivity index (χ2n) is 4.12. The van der Waals surface area contributed by atoms with Crippen LogP contribution in [0.3, 0.4) is 0 Å². The maximum atomic E-state index is 11.8. The van der Waals surface area contributed by atoms with Crippen molar-refractivity contribution >= 4 is 17.3 Å². The third-order valence-corrected chi connectivity index (χ3v) is 2.51. The first-order valence-electron chi connectivity index (χ1n) is 5.51. The molecule has 0 atom stereocenters. The molecule has 18 heavy (non-hydrogen) atoms. The number of nitro groups is 1. The fourth-order valence-electron chi connectivity index (χ4n) is 1.15. The highest BCUT2D eigenvalue weighted by Crippen LogP contribution is 2.17. The van der Waals surface area contributed by atoms with Crippen molar-refractivity contribution in [1.29, 1.82) is 0 Å². The van der Waals surface area contributed by atoms with Gasteiger partial charge in [-0.3, -0.25) is 14.9 Å². The molecule has 0 unspecified atom stereocenters. The molecule has 0 heterocycles. The fourth-order valence-corrected chi connectivity index (χ4v) is 1.15. The third kappa shape index (κ3) is 3.38. The third-order valence-electron chi connectivity index (χ3n) is 2.51. The number of nitrogens with one attached hydrogen (secondary N) is 1. The van der Waals surface area contributed by atoms with Crippen LogP contribution < -0.4 is 5.43 Å². The number of rotatable bonds is 4. The standard InChI is InChI=1S/C12H15N3O3/c1-8(2)9(3)13-14-12(16)10-6-4-5-7-11(10)15(17)18/h4-8H,1-3H3,(H,14,16). The lowest BCUT2D eigenvalue weighted by atomic mass is 10.1. The highest BCUT2D eigenvalue weighted by atomic mass is 16.6. The number of para-hydroxylation sites is 1. The Hall–Kier alpha value is -2.24. The number of nitrogens with zero attached hydrogens (tertiary/aromatic N) is 2. The molecule has 0 radical (unpaired) electrons. The molecule has 96 valence electrons. The first kappa shape index (κ1) is 13.8. The van der Waals surface area contributed by atoms with Gasteiger partial charge in [0.25, 0.3) is 11.6 Å². The molecule has 0 bridgehead atoms. The van der Waals surface area contributed by atoms with E-state index in [-0.39, 0.29) is 17.2 Å². The molecular formula is C12H15N3O3. The summed E-state index contributed by atoms with van der Waals surface area (Å²) in [7, 11) is 0. The maximum Gasteiger partial charge on any atom is 0.282 e. The van der Waals surface area contributed by atoms with Crippen LogP contribution in [0, 0.1) is 16.0 Å². The first-order chi connectivity index (χ1) is 8.43. The molecule has 6 nitrogen and oxygen atoms in total. The molecule has 1 N–H and O–H groups in total. The minimum Gasteiger partial charge on any atom is -0.267 e. The SMILES string of the molecule is CC(=NNC(=O)c1ccccc1[N+](=O)[O-])C(C)C. The van der Waals surface area contributed by atoms with E-state index in [2.05, 4.69) is 10.5 Å². The van der Waals surface area contributed by atoms with E-state index >= 15 is 0 Å². The van der Waals surface area contributed by atoms with Crippen molar-refractivity contribution in [3.05, 3.63) is 39.9 Å². The minimum absolute atomic E-state index is 0.00260. The van der Waals surface area contributed by atoms with E-state index in [4.69, 9.17) is 0 Å². The molecule has 0 saturated heterocycles. The molecule has 0 aliphatic rings. The van der Waals surface area contributed by atoms with Gasteiger partial charge in [-0.2, -0.15) is 5.10 Å². The second-order valence-corrected chi connectivity index (χ2v) is 4.12. The summed E-state index contributed by atoms with van der Waals surface area (Å²) >= 11 is 0. The van der Waals surface area contributed by atoms with Gasteiger partial charge in [-0.1, -0.05) is 26.0 Å². The van der Waals surface area contributed by atoms with Gasteiger partial charge in [-0.05, 0) is 18.9 Å². The lowest BCUT2D eigenvalue weighted by Gasteiger charge is -2.05. The summed E-state index contributed by atoms with van der Waals surface area (Å²) in [5.41, 5.74) is 2.85. The average molecular weight is 249 g/mol. The molecule has 6 heteroatoms. The van der Waals surface area contributed by atoms with Crippen LogP contribution in [0.5, 0.6) is 0 Å². The quantitative estimate of drug-likeness (QED) is 0.505. The number of hydrogen-bond acceptors (Lipinski definition) is 4. The molecule has 1 rings (SSSR count). The number of carbonyl (C=O) groups excluding carboxylic acids is 1. The number of hydrogen-bond donors (Lipinski definition) is 1. The zero-order chi connectivity index (χ0) is 13.7. The van der Waals surface area contributed by atoms with Crippen LogP contribution in [0.2, 0.25) is 0 Å². The average Bonchev–Trinajstić information content (AvgIpc) is 2.35. The van der Waals surface area contributed by atoms with Crippen LogP contribution in [0.15, 0.2) is 29.4 Å². The smallest absolute Gasteiger partial charge is 0.267 e. The van der Waals surface area contributed by atoms with Crippen molar-refractivity contribution in [3.63, 3.8) is 0 Å². The van der Waals surface area contributed by atoms with E-state index < -0.39 is 10.8 Å². The Balaban J connectivity index is 2.92. The molecule has 0 aliphatic carbocycles. The highest BCUT2D eigenvalue weighted by molar-refractivity contribution is 5.98. The monoisotopic (exact) mass is 249 g/mol. The normalized spacial score (nSPS) is 11.4. The Morgan fingerprint density at radius 2 is 2.00 bits per heavy atom. The topological polar surface area (TPSA) is 84.6 Å². The summed E-state index contributed by atoms with van der Waals surface area (Å²) in [6, 6.07) is 5.76. The van der Waals surface area contributed by atoms with Crippen molar-refractivity contribution in [1.82, 2.24) is 5.43 Å². The van der Waals surface area contributed by atoms with Gasteiger partial charge in [0.15, 0.2) is 0 Å². The van der Waals surface area contributed by atoms with Crippen molar-refractivity contribution in [2.24, 2.45) is 11.0 Å². The van der Waals surface area contributed by atoms with Crippen LogP contribution in [-0.2, 0) is 0 Å². The predicted octanol–water partition coefficient (Wildman–Crippen LogP) is 2.36. The summed E-state index contributed by atoms with van der Waals surface area (Å²) in [4.78, 5) is 21.9.